The van der Waals surface area contributed by atoms with Crippen LogP contribution in [-0.4, -0.2) is 10.1 Å². The number of nitrogens with two attached hydrogens (primary N) is 1. The summed E-state index contributed by atoms with van der Waals surface area (Å²) in [5, 5.41) is 3.68. The van der Waals surface area contributed by atoms with E-state index in [-0.39, 0.29) is 18.3 Å². The second-order valence-corrected chi connectivity index (χ2v) is 4.06. The normalized spacial score (nSPS) is 10.8. The molecule has 0 bridgehead atoms. The molecule has 2 N–H and O–H groups in total. The van der Waals surface area contributed by atoms with Crippen molar-refractivity contribution in [1.82, 2.24) is 10.1 Å². The zero-order valence-corrected chi connectivity index (χ0v) is 10.1. The van der Waals surface area contributed by atoms with Crippen LogP contribution in [0.15, 0.2) is 21.1 Å². The highest BCUT2D eigenvalue weighted by Gasteiger charge is 2.16. The summed E-state index contributed by atoms with van der Waals surface area (Å²) >= 11 is 3.31. The predicted molar refractivity (Wildman–Crippen MR) is 60.0 cm³/mol. The molecule has 0 amide bonds. The van der Waals surface area contributed by atoms with Crippen LogP contribution in [0.5, 0.6) is 0 Å². The fourth-order valence-corrected chi connectivity index (χ4v) is 1.80. The van der Waals surface area contributed by atoms with E-state index in [4.69, 9.17) is 10.3 Å². The zero-order valence-electron chi connectivity index (χ0n) is 8.50. The van der Waals surface area contributed by atoms with Gasteiger partial charge >= 0.3 is 0 Å². The highest BCUT2D eigenvalue weighted by Crippen LogP contribution is 2.31. The third-order valence-corrected chi connectivity index (χ3v) is 3.17. The fraction of sp³-hybridized carbons (Fsp3) is 0.200. The first kappa shape index (κ1) is 11.2. The molecule has 0 atom stereocenters. The van der Waals surface area contributed by atoms with Crippen molar-refractivity contribution in [3.05, 3.63) is 33.9 Å². The lowest BCUT2D eigenvalue weighted by atomic mass is 10.1. The standard InChI is InChI=1S/C10H9BrFN3O/c1-5-2-3-6(12)8(9(5)11)10-14-7(4-13)16-15-10/h2-3H,4,13H2,1H3. The molecule has 0 aliphatic heterocycles. The monoisotopic (exact) mass is 285 g/mol. The maximum Gasteiger partial charge on any atom is 0.240 e. The van der Waals surface area contributed by atoms with Crippen LogP contribution in [0, 0.1) is 12.7 Å². The Morgan fingerprint density at radius 2 is 2.25 bits per heavy atom. The Morgan fingerprint density at radius 1 is 1.50 bits per heavy atom. The van der Waals surface area contributed by atoms with Crippen LogP contribution in [0.1, 0.15) is 11.5 Å². The van der Waals surface area contributed by atoms with Crippen molar-refractivity contribution in [2.75, 3.05) is 0 Å². The van der Waals surface area contributed by atoms with Crippen LogP contribution in [0.2, 0.25) is 0 Å². The summed E-state index contributed by atoms with van der Waals surface area (Å²) in [4.78, 5) is 3.99. The number of aromatic nitrogens is 2. The Labute approximate surface area is 99.8 Å². The molecule has 0 unspecified atom stereocenters. The lowest BCUT2D eigenvalue weighted by molar-refractivity contribution is 0.380. The van der Waals surface area contributed by atoms with E-state index in [0.29, 0.717) is 10.0 Å². The molecule has 0 saturated heterocycles. The maximum absolute atomic E-state index is 13.6. The van der Waals surface area contributed by atoms with E-state index in [0.717, 1.165) is 5.56 Å². The summed E-state index contributed by atoms with van der Waals surface area (Å²) in [7, 11) is 0. The van der Waals surface area contributed by atoms with Gasteiger partial charge in [-0.3, -0.25) is 0 Å². The van der Waals surface area contributed by atoms with Gasteiger partial charge < -0.3 is 10.3 Å². The Kier molecular flexibility index (Phi) is 3.02. The number of rotatable bonds is 2. The summed E-state index contributed by atoms with van der Waals surface area (Å²) in [6.07, 6.45) is 0. The van der Waals surface area contributed by atoms with Crippen LogP contribution in [-0.2, 0) is 6.54 Å². The van der Waals surface area contributed by atoms with Crippen molar-refractivity contribution in [2.24, 2.45) is 5.73 Å². The third-order valence-electron chi connectivity index (χ3n) is 2.15. The van der Waals surface area contributed by atoms with Gasteiger partial charge in [0.25, 0.3) is 0 Å². The second-order valence-electron chi connectivity index (χ2n) is 3.27. The van der Waals surface area contributed by atoms with E-state index in [9.17, 15) is 4.39 Å². The zero-order chi connectivity index (χ0) is 11.7. The van der Waals surface area contributed by atoms with E-state index in [1.165, 1.54) is 6.07 Å². The maximum atomic E-state index is 13.6. The molecule has 0 aliphatic carbocycles. The first-order valence-electron chi connectivity index (χ1n) is 4.61. The number of hydrogen-bond acceptors (Lipinski definition) is 4. The Bertz CT molecular complexity index is 527. The molecule has 84 valence electrons. The summed E-state index contributed by atoms with van der Waals surface area (Å²) in [6.45, 7) is 2.00. The third kappa shape index (κ3) is 1.85. The first-order valence-corrected chi connectivity index (χ1v) is 5.40. The van der Waals surface area contributed by atoms with Gasteiger partial charge in [-0.1, -0.05) is 11.2 Å². The highest BCUT2D eigenvalue weighted by atomic mass is 79.9. The number of nitrogens with zero attached hydrogens (tertiary/aromatic N) is 2. The van der Waals surface area contributed by atoms with Crippen LogP contribution in [0.25, 0.3) is 11.4 Å². The Hall–Kier alpha value is -1.27. The molecule has 2 rings (SSSR count). The average Bonchev–Trinajstić information content (AvgIpc) is 2.73. The molecule has 6 heteroatoms. The van der Waals surface area contributed by atoms with Gasteiger partial charge in [-0.25, -0.2) is 4.39 Å². The number of hydrogen-bond donors (Lipinski definition) is 1. The molecular weight excluding hydrogens is 277 g/mol. The minimum atomic E-state index is -0.401. The van der Waals surface area contributed by atoms with Crippen molar-refractivity contribution in [2.45, 2.75) is 13.5 Å². The van der Waals surface area contributed by atoms with Gasteiger partial charge in [0.1, 0.15) is 5.82 Å². The van der Waals surface area contributed by atoms with Crippen molar-refractivity contribution < 1.29 is 8.91 Å². The summed E-state index contributed by atoms with van der Waals surface area (Å²) in [5.41, 5.74) is 6.54. The predicted octanol–water partition coefficient (Wildman–Crippen LogP) is 2.41. The second kappa shape index (κ2) is 4.31. The first-order chi connectivity index (χ1) is 7.63. The van der Waals surface area contributed by atoms with Gasteiger partial charge in [0, 0.05) is 4.47 Å². The minimum absolute atomic E-state index is 0.137. The van der Waals surface area contributed by atoms with Gasteiger partial charge in [-0.15, -0.1) is 0 Å². The quantitative estimate of drug-likeness (QED) is 0.920. The van der Waals surface area contributed by atoms with E-state index < -0.39 is 5.82 Å². The molecule has 1 aromatic heterocycles. The van der Waals surface area contributed by atoms with Gasteiger partial charge in [0.2, 0.25) is 11.7 Å². The van der Waals surface area contributed by atoms with Crippen molar-refractivity contribution in [1.29, 1.82) is 0 Å². The Morgan fingerprint density at radius 3 is 2.88 bits per heavy atom. The van der Waals surface area contributed by atoms with E-state index in [1.807, 2.05) is 6.92 Å². The molecule has 4 nitrogen and oxygen atoms in total. The molecule has 1 aromatic carbocycles. The lowest BCUT2D eigenvalue weighted by Crippen LogP contribution is -1.96. The topological polar surface area (TPSA) is 64.9 Å². The van der Waals surface area contributed by atoms with Crippen LogP contribution in [0.4, 0.5) is 4.39 Å². The number of benzene rings is 1. The summed E-state index contributed by atoms with van der Waals surface area (Å²) < 4.78 is 19.1. The van der Waals surface area contributed by atoms with Gasteiger partial charge in [-0.05, 0) is 34.5 Å². The van der Waals surface area contributed by atoms with Crippen molar-refractivity contribution in [3.63, 3.8) is 0 Å². The van der Waals surface area contributed by atoms with Gasteiger partial charge in [0.05, 0.1) is 12.1 Å². The van der Waals surface area contributed by atoms with Crippen LogP contribution < -0.4 is 5.73 Å². The van der Waals surface area contributed by atoms with E-state index in [1.54, 1.807) is 6.07 Å². The minimum Gasteiger partial charge on any atom is -0.338 e. The van der Waals surface area contributed by atoms with Crippen LogP contribution in [0.3, 0.4) is 0 Å². The van der Waals surface area contributed by atoms with Crippen molar-refractivity contribution in [3.8, 4) is 11.4 Å². The van der Waals surface area contributed by atoms with E-state index in [2.05, 4.69) is 26.1 Å². The molecular formula is C10H9BrFN3O. The van der Waals surface area contributed by atoms with Crippen LogP contribution >= 0.6 is 15.9 Å². The van der Waals surface area contributed by atoms with Crippen molar-refractivity contribution >= 4 is 15.9 Å². The average molecular weight is 286 g/mol. The molecule has 0 fully saturated rings. The fourth-order valence-electron chi connectivity index (χ4n) is 1.30. The highest BCUT2D eigenvalue weighted by molar-refractivity contribution is 9.10. The smallest absolute Gasteiger partial charge is 0.240 e. The SMILES string of the molecule is Cc1ccc(F)c(-c2noc(CN)n2)c1Br. The number of halogens is 2. The van der Waals surface area contributed by atoms with Gasteiger partial charge in [0.15, 0.2) is 0 Å². The summed E-state index contributed by atoms with van der Waals surface area (Å²) in [6, 6.07) is 3.04. The molecule has 0 spiro atoms. The Balaban J connectivity index is 2.58. The molecule has 16 heavy (non-hydrogen) atoms. The molecule has 0 saturated carbocycles. The molecule has 0 radical (unpaired) electrons. The summed E-state index contributed by atoms with van der Waals surface area (Å²) in [5.74, 6) is 0.0816. The largest absolute Gasteiger partial charge is 0.338 e. The molecule has 2 aromatic rings. The van der Waals surface area contributed by atoms with Gasteiger partial charge in [-0.2, -0.15) is 4.98 Å². The number of aryl methyl sites for hydroxylation is 1. The lowest BCUT2D eigenvalue weighted by Gasteiger charge is -2.03. The molecule has 0 aliphatic rings. The molecule has 1 heterocycles. The van der Waals surface area contributed by atoms with E-state index >= 15 is 0 Å².